The van der Waals surface area contributed by atoms with Crippen molar-refractivity contribution in [2.45, 2.75) is 10.9 Å². The van der Waals surface area contributed by atoms with Gasteiger partial charge in [-0.15, -0.1) is 0 Å². The minimum Gasteiger partial charge on any atom is -0.481 e. The number of carbonyl (C=O) groups is 2. The second-order valence-electron chi connectivity index (χ2n) is 4.98. The number of nitrogens with zero attached hydrogens (tertiary/aromatic N) is 2. The first-order valence-electron chi connectivity index (χ1n) is 6.83. The van der Waals surface area contributed by atoms with Crippen LogP contribution in [0.25, 0.3) is 0 Å². The van der Waals surface area contributed by atoms with Crippen LogP contribution in [0.5, 0.6) is 0 Å². The summed E-state index contributed by atoms with van der Waals surface area (Å²) in [5.74, 6) is -4.09. The highest BCUT2D eigenvalue weighted by Gasteiger charge is 2.36. The molecule has 0 aliphatic heterocycles. The van der Waals surface area contributed by atoms with E-state index < -0.39 is 45.0 Å². The normalized spacial score (nSPS) is 18.8. The lowest BCUT2D eigenvalue weighted by molar-refractivity contribution is -0.514. The third kappa shape index (κ3) is 4.40. The Kier molecular flexibility index (Phi) is 6.00. The van der Waals surface area contributed by atoms with Crippen LogP contribution in [0.1, 0.15) is 10.4 Å². The van der Waals surface area contributed by atoms with Gasteiger partial charge in [-0.3, -0.25) is 25.0 Å². The molecule has 2 unspecified atom stereocenters. The molecule has 0 saturated heterocycles. The molecule has 0 spiro atoms. The van der Waals surface area contributed by atoms with Gasteiger partial charge in [0.2, 0.25) is 6.04 Å². The van der Waals surface area contributed by atoms with E-state index in [1.54, 1.807) is 0 Å². The van der Waals surface area contributed by atoms with Crippen LogP contribution in [0.4, 0.5) is 5.69 Å². The van der Waals surface area contributed by atoms with E-state index in [1.807, 2.05) is 0 Å². The van der Waals surface area contributed by atoms with Gasteiger partial charge in [0, 0.05) is 20.8 Å². The molecule has 0 heterocycles. The van der Waals surface area contributed by atoms with Crippen molar-refractivity contribution in [3.8, 4) is 0 Å². The number of benzene rings is 1. The van der Waals surface area contributed by atoms with E-state index in [2.05, 4.69) is 0 Å². The average molecular weight is 398 g/mol. The summed E-state index contributed by atoms with van der Waals surface area (Å²) in [6.45, 7) is 0. The van der Waals surface area contributed by atoms with Crippen molar-refractivity contribution in [2.75, 3.05) is 0 Å². The van der Waals surface area contributed by atoms with Crippen molar-refractivity contribution >= 4 is 39.2 Å². The predicted octanol–water partition coefficient (Wildman–Crippen LogP) is 2.83. The Hall–Kier alpha value is -2.86. The summed E-state index contributed by atoms with van der Waals surface area (Å²) >= 11 is 0. The number of aromatic carboxylic acids is 1. The highest BCUT2D eigenvalue weighted by Crippen LogP contribution is 2.41. The summed E-state index contributed by atoms with van der Waals surface area (Å²) in [5, 5.41) is 39.9. The third-order valence-corrected chi connectivity index (χ3v) is 5.73. The van der Waals surface area contributed by atoms with Crippen LogP contribution < -0.4 is 0 Å². The van der Waals surface area contributed by atoms with Gasteiger partial charge in [0.05, 0.1) is 4.92 Å². The molecule has 1 aromatic carbocycles. The largest absolute Gasteiger partial charge is 0.481 e. The van der Waals surface area contributed by atoms with Gasteiger partial charge >= 0.3 is 11.9 Å². The predicted molar refractivity (Wildman–Crippen MR) is 92.6 cm³/mol. The van der Waals surface area contributed by atoms with E-state index in [0.717, 1.165) is 33.7 Å². The topological polar surface area (TPSA) is 161 Å². The lowest BCUT2D eigenvalue weighted by Crippen LogP contribution is -2.33. The number of hydrogen-bond acceptors (Lipinski definition) is 8. The third-order valence-electron chi connectivity index (χ3n) is 3.33. The van der Waals surface area contributed by atoms with Gasteiger partial charge in [0.25, 0.3) is 5.69 Å². The maximum absolute atomic E-state index is 11.2. The molecule has 0 saturated carbocycles. The van der Waals surface area contributed by atoms with Gasteiger partial charge in [0.1, 0.15) is 11.5 Å². The van der Waals surface area contributed by atoms with Gasteiger partial charge in [0.15, 0.2) is 0 Å². The molecular formula is C14H10N2O8S2. The number of rotatable bonds is 7. The van der Waals surface area contributed by atoms with Gasteiger partial charge < -0.3 is 10.2 Å². The van der Waals surface area contributed by atoms with Gasteiger partial charge in [-0.1, -0.05) is 21.6 Å². The minimum absolute atomic E-state index is 0.399. The van der Waals surface area contributed by atoms with Gasteiger partial charge in [-0.05, 0) is 30.4 Å². The Balaban J connectivity index is 2.17. The first kappa shape index (κ1) is 19.5. The Morgan fingerprint density at radius 3 is 2.35 bits per heavy atom. The van der Waals surface area contributed by atoms with E-state index in [0.29, 0.717) is 9.80 Å². The van der Waals surface area contributed by atoms with E-state index in [4.69, 9.17) is 10.2 Å². The van der Waals surface area contributed by atoms with E-state index in [-0.39, 0.29) is 0 Å². The number of allylic oxidation sites excluding steroid dienone is 1. The Bertz CT molecular complexity index is 851. The standard InChI is InChI=1S/C14H10N2O8S2/c17-13(18)9-5-7(1-3-11(9)15(21)22)25-26-8-2-4-12(16(23)24)10(6-8)14(19)20/h1-6,9,11H,(H,17,18)(H,19,20). The van der Waals surface area contributed by atoms with Crippen molar-refractivity contribution in [3.05, 3.63) is 67.1 Å². The number of carboxylic acids is 2. The van der Waals surface area contributed by atoms with Crippen molar-refractivity contribution in [1.82, 2.24) is 0 Å². The average Bonchev–Trinajstić information content (AvgIpc) is 2.59. The SMILES string of the molecule is O=C(O)c1cc(SSC2=CC(C(=O)O)C([N+](=O)[O-])C=C2)ccc1[N+](=O)[O-]. The van der Waals surface area contributed by atoms with Crippen LogP contribution >= 0.6 is 21.6 Å². The number of hydrogen-bond donors (Lipinski definition) is 2. The van der Waals surface area contributed by atoms with Crippen molar-refractivity contribution in [2.24, 2.45) is 5.92 Å². The molecule has 2 N–H and O–H groups in total. The molecule has 0 radical (unpaired) electrons. The summed E-state index contributed by atoms with van der Waals surface area (Å²) in [6.07, 6.45) is 3.84. The molecule has 12 heteroatoms. The molecule has 0 aromatic heterocycles. The molecule has 1 aliphatic carbocycles. The molecule has 0 amide bonds. The molecule has 136 valence electrons. The maximum Gasteiger partial charge on any atom is 0.342 e. The minimum atomic E-state index is -1.44. The van der Waals surface area contributed by atoms with Crippen molar-refractivity contribution in [1.29, 1.82) is 0 Å². The molecular weight excluding hydrogens is 388 g/mol. The summed E-state index contributed by atoms with van der Waals surface area (Å²) in [6, 6.07) is 2.21. The molecule has 0 bridgehead atoms. The fourth-order valence-electron chi connectivity index (χ4n) is 2.11. The van der Waals surface area contributed by atoms with Crippen LogP contribution in [0, 0.1) is 26.1 Å². The highest BCUT2D eigenvalue weighted by atomic mass is 33.1. The first-order valence-corrected chi connectivity index (χ1v) is 8.98. The second-order valence-corrected chi connectivity index (χ2v) is 7.25. The monoisotopic (exact) mass is 398 g/mol. The van der Waals surface area contributed by atoms with Gasteiger partial charge in [-0.2, -0.15) is 0 Å². The number of carboxylic acid groups (broad SMARTS) is 2. The summed E-state index contributed by atoms with van der Waals surface area (Å²) in [7, 11) is 2.11. The molecule has 1 aromatic rings. The van der Waals surface area contributed by atoms with E-state index in [9.17, 15) is 29.8 Å². The number of aliphatic carboxylic acids is 1. The number of nitro benzene ring substituents is 1. The lowest BCUT2D eigenvalue weighted by Gasteiger charge is -2.16. The van der Waals surface area contributed by atoms with Crippen LogP contribution in [-0.4, -0.2) is 38.0 Å². The van der Waals surface area contributed by atoms with E-state index >= 15 is 0 Å². The van der Waals surface area contributed by atoms with Crippen molar-refractivity contribution < 1.29 is 29.6 Å². The Labute approximate surface area is 153 Å². The zero-order valence-corrected chi connectivity index (χ0v) is 14.3. The van der Waals surface area contributed by atoms with E-state index in [1.165, 1.54) is 24.3 Å². The molecule has 10 nitrogen and oxygen atoms in total. The summed E-state index contributed by atoms with van der Waals surface area (Å²) in [5.41, 5.74) is -1.01. The Morgan fingerprint density at radius 1 is 1.12 bits per heavy atom. The molecule has 0 fully saturated rings. The zero-order chi connectivity index (χ0) is 19.4. The number of nitro groups is 2. The van der Waals surface area contributed by atoms with Crippen LogP contribution in [0.2, 0.25) is 0 Å². The van der Waals surface area contributed by atoms with Gasteiger partial charge in [-0.25, -0.2) is 4.79 Å². The molecule has 26 heavy (non-hydrogen) atoms. The quantitative estimate of drug-likeness (QED) is 0.397. The molecule has 2 atom stereocenters. The first-order chi connectivity index (χ1) is 12.2. The zero-order valence-electron chi connectivity index (χ0n) is 12.7. The Morgan fingerprint density at radius 2 is 1.81 bits per heavy atom. The molecule has 1 aliphatic rings. The van der Waals surface area contributed by atoms with Crippen LogP contribution in [0.3, 0.4) is 0 Å². The smallest absolute Gasteiger partial charge is 0.342 e. The van der Waals surface area contributed by atoms with Crippen LogP contribution in [-0.2, 0) is 4.79 Å². The fraction of sp³-hybridized carbons (Fsp3) is 0.143. The molecule has 2 rings (SSSR count). The summed E-state index contributed by atoms with van der Waals surface area (Å²) < 4.78 is 0. The van der Waals surface area contributed by atoms with Crippen LogP contribution in [0.15, 0.2) is 46.2 Å². The second kappa shape index (κ2) is 8.01. The summed E-state index contributed by atoms with van der Waals surface area (Å²) in [4.78, 5) is 43.4. The fourth-order valence-corrected chi connectivity index (χ4v) is 4.15. The highest BCUT2D eigenvalue weighted by molar-refractivity contribution is 8.78. The van der Waals surface area contributed by atoms with Crippen molar-refractivity contribution in [3.63, 3.8) is 0 Å². The lowest BCUT2D eigenvalue weighted by atomic mass is 9.96. The maximum atomic E-state index is 11.2.